The van der Waals surface area contributed by atoms with Crippen LogP contribution < -0.4 is 16.0 Å². The van der Waals surface area contributed by atoms with Gasteiger partial charge in [-0.2, -0.15) is 0 Å². The van der Waals surface area contributed by atoms with Crippen molar-refractivity contribution < 1.29 is 44.0 Å². The van der Waals surface area contributed by atoms with Crippen LogP contribution in [0.5, 0.6) is 0 Å². The number of carboxylic acid groups (broad SMARTS) is 1. The van der Waals surface area contributed by atoms with E-state index in [-0.39, 0.29) is 78.8 Å². The fraction of sp³-hybridized carbons (Fsp3) is 0.806. The van der Waals surface area contributed by atoms with E-state index in [1.165, 1.54) is 6.92 Å². The van der Waals surface area contributed by atoms with Crippen molar-refractivity contribution in [2.45, 2.75) is 134 Å². The molecule has 3 amide bonds. The lowest BCUT2D eigenvalue weighted by atomic mass is 9.42. The number of esters is 1. The molecule has 0 bridgehead atoms. The van der Waals surface area contributed by atoms with Crippen LogP contribution in [-0.2, 0) is 28.7 Å². The SMILES string of the molecule is C[C@H](NC(=O)CCCCCNC(=O)CCC(=O)N[C@H]1CC[C@@]2(C)[C@H](CC[C@@H]3[C@@H]2C[C@@H](O)[C@]2(C)[C@@H](C4=CC(=O)OC4)CC[C@]32O)C1)C(=O)O. The first kappa shape index (κ1) is 36.3. The predicted octanol–water partition coefficient (Wildman–Crippen LogP) is 2.75. The van der Waals surface area contributed by atoms with Gasteiger partial charge in [-0.15, -0.1) is 0 Å². The van der Waals surface area contributed by atoms with Crippen LogP contribution in [0.2, 0.25) is 0 Å². The van der Waals surface area contributed by atoms with Gasteiger partial charge in [0.1, 0.15) is 12.6 Å². The highest BCUT2D eigenvalue weighted by molar-refractivity contribution is 5.85. The molecule has 4 fully saturated rings. The number of aliphatic hydroxyl groups excluding tert-OH is 1. The molecule has 1 aliphatic heterocycles. The van der Waals surface area contributed by atoms with Crippen LogP contribution in [0.25, 0.3) is 0 Å². The summed E-state index contributed by atoms with van der Waals surface area (Å²) in [5.41, 5.74) is -0.887. The molecule has 0 radical (unpaired) electrons. The fourth-order valence-corrected chi connectivity index (χ4v) is 10.3. The van der Waals surface area contributed by atoms with Crippen LogP contribution in [0.15, 0.2) is 11.6 Å². The number of hydrogen-bond acceptors (Lipinski definition) is 8. The zero-order valence-corrected chi connectivity index (χ0v) is 28.7. The Bertz CT molecular complexity index is 1300. The third-order valence-corrected chi connectivity index (χ3v) is 13.2. The standard InChI is InChI=1S/C36H55N3O9/c1-21(33(45)46)38-30(42)7-5-4-6-16-37-29(41)10-11-31(43)39-24-12-14-34(2)23(18-24)8-9-26-27(34)19-28(40)35(3)25(13-15-36(26,35)47)22-17-32(44)48-20-22/h17,21,23-28,40,47H,4-16,18-20H2,1-3H3,(H,37,41)(H,38,42)(H,39,43)(H,45,46)/t21-,23+,24-,25+,26+,27-,28+,34-,35-,36-/m0/s1. The Morgan fingerprint density at radius 3 is 2.40 bits per heavy atom. The second kappa shape index (κ2) is 14.5. The van der Waals surface area contributed by atoms with Gasteiger partial charge in [0, 0.05) is 43.3 Å². The van der Waals surface area contributed by atoms with Crippen molar-refractivity contribution in [3.05, 3.63) is 11.6 Å². The van der Waals surface area contributed by atoms with Gasteiger partial charge in [-0.1, -0.05) is 20.3 Å². The molecule has 48 heavy (non-hydrogen) atoms. The molecule has 5 aliphatic rings. The lowest BCUT2D eigenvalue weighted by Gasteiger charge is -2.65. The molecule has 0 aromatic carbocycles. The molecule has 0 aromatic rings. The molecule has 268 valence electrons. The largest absolute Gasteiger partial charge is 0.480 e. The number of cyclic esters (lactones) is 1. The maximum atomic E-state index is 12.8. The molecule has 5 rings (SSSR count). The molecule has 0 spiro atoms. The van der Waals surface area contributed by atoms with Gasteiger partial charge in [0.2, 0.25) is 17.7 Å². The summed E-state index contributed by atoms with van der Waals surface area (Å²) in [5, 5.41) is 41.4. The van der Waals surface area contributed by atoms with Gasteiger partial charge in [-0.3, -0.25) is 19.2 Å². The van der Waals surface area contributed by atoms with Gasteiger partial charge in [0.05, 0.1) is 11.7 Å². The van der Waals surface area contributed by atoms with Crippen LogP contribution >= 0.6 is 0 Å². The van der Waals surface area contributed by atoms with E-state index in [0.29, 0.717) is 44.6 Å². The average molecular weight is 674 g/mol. The van der Waals surface area contributed by atoms with Crippen LogP contribution in [0.4, 0.5) is 0 Å². The number of ether oxygens (including phenoxy) is 1. The number of amides is 3. The van der Waals surface area contributed by atoms with Crippen LogP contribution in [0, 0.1) is 34.5 Å². The third kappa shape index (κ3) is 7.02. The molecule has 0 unspecified atom stereocenters. The Labute approximate surface area is 283 Å². The maximum absolute atomic E-state index is 12.8. The van der Waals surface area contributed by atoms with E-state index in [4.69, 9.17) is 9.84 Å². The summed E-state index contributed by atoms with van der Waals surface area (Å²) in [6.07, 6.45) is 9.71. The third-order valence-electron chi connectivity index (χ3n) is 13.2. The second-order valence-electron chi connectivity index (χ2n) is 15.7. The summed E-state index contributed by atoms with van der Waals surface area (Å²) in [5.74, 6) is -1.50. The molecule has 10 atom stereocenters. The molecule has 4 saturated carbocycles. The van der Waals surface area contributed by atoms with Crippen molar-refractivity contribution in [1.29, 1.82) is 0 Å². The number of aliphatic hydroxyl groups is 2. The van der Waals surface area contributed by atoms with E-state index in [0.717, 1.165) is 44.1 Å². The minimum Gasteiger partial charge on any atom is -0.480 e. The number of fused-ring (bicyclic) bond motifs is 5. The number of aliphatic carboxylic acids is 1. The minimum absolute atomic E-state index is 0.0374. The van der Waals surface area contributed by atoms with Crippen molar-refractivity contribution in [2.24, 2.45) is 34.5 Å². The fourth-order valence-electron chi connectivity index (χ4n) is 10.3. The highest BCUT2D eigenvalue weighted by Crippen LogP contribution is 2.69. The van der Waals surface area contributed by atoms with E-state index in [9.17, 15) is 34.2 Å². The van der Waals surface area contributed by atoms with E-state index >= 15 is 0 Å². The van der Waals surface area contributed by atoms with E-state index < -0.39 is 29.1 Å². The average Bonchev–Trinajstić information content (AvgIpc) is 3.58. The van der Waals surface area contributed by atoms with Gasteiger partial charge >= 0.3 is 11.9 Å². The Morgan fingerprint density at radius 2 is 1.69 bits per heavy atom. The number of nitrogens with one attached hydrogen (secondary N) is 3. The maximum Gasteiger partial charge on any atom is 0.331 e. The van der Waals surface area contributed by atoms with Crippen molar-refractivity contribution in [3.63, 3.8) is 0 Å². The second-order valence-corrected chi connectivity index (χ2v) is 15.7. The molecule has 0 aromatic heterocycles. The van der Waals surface area contributed by atoms with E-state index in [1.54, 1.807) is 6.08 Å². The molecule has 12 nitrogen and oxygen atoms in total. The lowest BCUT2D eigenvalue weighted by Crippen LogP contribution is -2.67. The first-order chi connectivity index (χ1) is 22.7. The zero-order chi connectivity index (χ0) is 34.9. The number of rotatable bonds is 13. The van der Waals surface area contributed by atoms with E-state index in [1.807, 2.05) is 6.92 Å². The molecular formula is C36H55N3O9. The van der Waals surface area contributed by atoms with Gasteiger partial charge < -0.3 is 36.0 Å². The molecule has 12 heteroatoms. The number of carboxylic acids is 1. The Morgan fingerprint density at radius 1 is 0.938 bits per heavy atom. The summed E-state index contributed by atoms with van der Waals surface area (Å²) in [4.78, 5) is 59.5. The van der Waals surface area contributed by atoms with Gasteiger partial charge in [-0.25, -0.2) is 4.79 Å². The van der Waals surface area contributed by atoms with Gasteiger partial charge in [0.15, 0.2) is 0 Å². The summed E-state index contributed by atoms with van der Waals surface area (Å²) in [7, 11) is 0. The molecule has 6 N–H and O–H groups in total. The summed E-state index contributed by atoms with van der Waals surface area (Å²) in [6.45, 7) is 6.46. The number of hydrogen-bond donors (Lipinski definition) is 6. The van der Waals surface area contributed by atoms with Gasteiger partial charge in [-0.05, 0) is 106 Å². The monoisotopic (exact) mass is 673 g/mol. The highest BCUT2D eigenvalue weighted by atomic mass is 16.5. The molecular weight excluding hydrogens is 618 g/mol. The predicted molar refractivity (Wildman–Crippen MR) is 175 cm³/mol. The number of carbonyl (C=O) groups excluding carboxylic acids is 4. The van der Waals surface area contributed by atoms with Crippen molar-refractivity contribution in [3.8, 4) is 0 Å². The molecule has 0 saturated heterocycles. The van der Waals surface area contributed by atoms with E-state index in [2.05, 4.69) is 22.9 Å². The van der Waals surface area contributed by atoms with Crippen LogP contribution in [0.3, 0.4) is 0 Å². The number of unbranched alkanes of at least 4 members (excludes halogenated alkanes) is 2. The van der Waals surface area contributed by atoms with Crippen LogP contribution in [-0.4, -0.2) is 81.9 Å². The number of carbonyl (C=O) groups is 5. The Balaban J connectivity index is 1.04. The summed E-state index contributed by atoms with van der Waals surface area (Å²) >= 11 is 0. The minimum atomic E-state index is -1.08. The first-order valence-corrected chi connectivity index (χ1v) is 18.0. The van der Waals surface area contributed by atoms with Crippen molar-refractivity contribution in [2.75, 3.05) is 13.2 Å². The summed E-state index contributed by atoms with van der Waals surface area (Å²) < 4.78 is 5.21. The first-order valence-electron chi connectivity index (χ1n) is 18.0. The Hall–Kier alpha value is -2.99. The van der Waals surface area contributed by atoms with Crippen molar-refractivity contribution >= 4 is 29.7 Å². The van der Waals surface area contributed by atoms with Crippen LogP contribution in [0.1, 0.15) is 111 Å². The molecule has 1 heterocycles. The molecule has 4 aliphatic carbocycles. The topological polar surface area (TPSA) is 191 Å². The highest BCUT2D eigenvalue weighted by Gasteiger charge is 2.70. The van der Waals surface area contributed by atoms with Crippen molar-refractivity contribution in [1.82, 2.24) is 16.0 Å². The summed E-state index contributed by atoms with van der Waals surface area (Å²) in [6, 6.07) is -0.881. The Kier molecular flexibility index (Phi) is 10.9. The smallest absolute Gasteiger partial charge is 0.331 e. The zero-order valence-electron chi connectivity index (χ0n) is 28.7. The normalized spacial score (nSPS) is 37.6. The quantitative estimate of drug-likeness (QED) is 0.126. The van der Waals surface area contributed by atoms with Gasteiger partial charge in [0.25, 0.3) is 0 Å². The lowest BCUT2D eigenvalue weighted by molar-refractivity contribution is -0.243.